The molecule has 1 heterocycles. The number of hydrogen-bond acceptors (Lipinski definition) is 6. The Balaban J connectivity index is 1.54. The second kappa shape index (κ2) is 12.5. The van der Waals surface area contributed by atoms with Crippen LogP contribution in [0.4, 0.5) is 0 Å². The number of nitrogens with one attached hydrogen (secondary N) is 1. The van der Waals surface area contributed by atoms with Crippen molar-refractivity contribution in [3.63, 3.8) is 0 Å². The van der Waals surface area contributed by atoms with Gasteiger partial charge in [0, 0.05) is 23.6 Å². The lowest BCUT2D eigenvalue weighted by atomic mass is 9.82. The van der Waals surface area contributed by atoms with Gasteiger partial charge in [0.05, 0.1) is 17.6 Å². The predicted octanol–water partition coefficient (Wildman–Crippen LogP) is 5.68. The maximum absolute atomic E-state index is 14.5. The van der Waals surface area contributed by atoms with E-state index >= 15 is 0 Å². The number of amides is 1. The number of methoxy groups -OCH3 is 1. The van der Waals surface area contributed by atoms with Crippen LogP contribution in [0.25, 0.3) is 10.8 Å². The fourth-order valence-corrected chi connectivity index (χ4v) is 7.56. The number of rotatable bonds is 9. The van der Waals surface area contributed by atoms with Gasteiger partial charge in [0.25, 0.3) is 15.9 Å². The van der Waals surface area contributed by atoms with Crippen molar-refractivity contribution >= 4 is 32.5 Å². The second-order valence-electron chi connectivity index (χ2n) is 11.2. The zero-order chi connectivity index (χ0) is 32.4. The minimum Gasteiger partial charge on any atom is -0.496 e. The Morgan fingerprint density at radius 3 is 2.20 bits per heavy atom. The molecule has 2 atom stereocenters. The molecule has 0 saturated heterocycles. The first-order valence-corrected chi connectivity index (χ1v) is 16.2. The summed E-state index contributed by atoms with van der Waals surface area (Å²) in [4.78, 5) is 28.6. The van der Waals surface area contributed by atoms with Crippen molar-refractivity contribution in [3.05, 3.63) is 155 Å². The molecule has 1 aliphatic rings. The summed E-state index contributed by atoms with van der Waals surface area (Å²) >= 11 is 0. The first-order chi connectivity index (χ1) is 22.2. The lowest BCUT2D eigenvalue weighted by molar-refractivity contribution is -0.117. The standard InChI is InChI=1S/C37H33N3O5S/c1-24-16-20-30(21-17-24)46(43,44)40-34(35(41)26-11-4-3-5-12-26)32(28-19-18-25-10-6-7-13-27(25)22-28)33(36(40)38)37(42)39-23-29-14-8-9-15-31(29)45-2/h3-22,32,34H,23,38H2,1-2H3,(H,39,42). The zero-order valence-corrected chi connectivity index (χ0v) is 26.2. The molecule has 3 N–H and O–H groups in total. The predicted molar refractivity (Wildman–Crippen MR) is 178 cm³/mol. The molecule has 6 rings (SSSR count). The number of aryl methyl sites for hydroxylation is 1. The fraction of sp³-hybridized carbons (Fsp3) is 0.135. The minimum absolute atomic E-state index is 0.00449. The number of fused-ring (bicyclic) bond motifs is 1. The van der Waals surface area contributed by atoms with Crippen LogP contribution in [0.3, 0.4) is 0 Å². The Morgan fingerprint density at radius 2 is 1.48 bits per heavy atom. The maximum atomic E-state index is 14.5. The molecule has 0 saturated carbocycles. The van der Waals surface area contributed by atoms with Gasteiger partial charge in [0.2, 0.25) is 0 Å². The van der Waals surface area contributed by atoms with E-state index in [1.807, 2.05) is 67.6 Å². The van der Waals surface area contributed by atoms with Crippen LogP contribution in [0, 0.1) is 6.92 Å². The molecule has 9 heteroatoms. The van der Waals surface area contributed by atoms with Crippen molar-refractivity contribution in [1.82, 2.24) is 9.62 Å². The first-order valence-electron chi connectivity index (χ1n) is 14.8. The molecule has 1 aliphatic heterocycles. The van der Waals surface area contributed by atoms with Crippen molar-refractivity contribution in [1.29, 1.82) is 0 Å². The molecule has 0 spiro atoms. The van der Waals surface area contributed by atoms with E-state index in [2.05, 4.69) is 5.32 Å². The van der Waals surface area contributed by atoms with Gasteiger partial charge in [0.1, 0.15) is 17.6 Å². The monoisotopic (exact) mass is 631 g/mol. The van der Waals surface area contributed by atoms with Gasteiger partial charge < -0.3 is 15.8 Å². The van der Waals surface area contributed by atoms with Crippen molar-refractivity contribution in [2.75, 3.05) is 7.11 Å². The number of sulfonamides is 1. The van der Waals surface area contributed by atoms with E-state index in [1.165, 1.54) is 12.1 Å². The summed E-state index contributed by atoms with van der Waals surface area (Å²) in [7, 11) is -2.86. The summed E-state index contributed by atoms with van der Waals surface area (Å²) in [5, 5.41) is 4.74. The molecule has 0 bridgehead atoms. The Kier molecular flexibility index (Phi) is 8.34. The van der Waals surface area contributed by atoms with Gasteiger partial charge in [0.15, 0.2) is 5.78 Å². The number of ketones is 1. The van der Waals surface area contributed by atoms with Crippen LogP contribution in [-0.4, -0.2) is 37.6 Å². The van der Waals surface area contributed by atoms with E-state index in [0.717, 1.165) is 26.2 Å². The topological polar surface area (TPSA) is 119 Å². The number of nitrogens with two attached hydrogens (primary N) is 1. The molecule has 5 aromatic carbocycles. The molecular weight excluding hydrogens is 598 g/mol. The number of carbonyl (C=O) groups excluding carboxylic acids is 2. The van der Waals surface area contributed by atoms with Crippen molar-refractivity contribution in [2.24, 2.45) is 5.73 Å². The summed E-state index contributed by atoms with van der Waals surface area (Å²) in [6.45, 7) is 1.94. The van der Waals surface area contributed by atoms with Gasteiger partial charge in [-0.2, -0.15) is 0 Å². The van der Waals surface area contributed by atoms with E-state index in [-0.39, 0.29) is 22.8 Å². The SMILES string of the molecule is COc1ccccc1CNC(=O)C1=C(N)N(S(=O)(=O)c2ccc(C)cc2)C(C(=O)c2ccccc2)C1c1ccc2ccccc2c1. The van der Waals surface area contributed by atoms with E-state index in [1.54, 1.807) is 55.6 Å². The van der Waals surface area contributed by atoms with Crippen LogP contribution in [0.15, 0.2) is 138 Å². The van der Waals surface area contributed by atoms with Crippen molar-refractivity contribution in [3.8, 4) is 5.75 Å². The molecular formula is C37H33N3O5S. The third-order valence-electron chi connectivity index (χ3n) is 8.31. The molecule has 1 amide bonds. The summed E-state index contributed by atoms with van der Waals surface area (Å²) < 4.78 is 35.3. The fourth-order valence-electron chi connectivity index (χ4n) is 5.98. The van der Waals surface area contributed by atoms with Gasteiger partial charge in [-0.1, -0.05) is 109 Å². The average Bonchev–Trinajstić information content (AvgIpc) is 3.40. The highest BCUT2D eigenvalue weighted by atomic mass is 32.2. The molecule has 5 aromatic rings. The van der Waals surface area contributed by atoms with Crippen molar-refractivity contribution < 1.29 is 22.7 Å². The highest BCUT2D eigenvalue weighted by molar-refractivity contribution is 7.89. The highest BCUT2D eigenvalue weighted by Gasteiger charge is 2.52. The molecule has 0 aromatic heterocycles. The van der Waals surface area contributed by atoms with Crippen LogP contribution in [0.2, 0.25) is 0 Å². The van der Waals surface area contributed by atoms with Gasteiger partial charge >= 0.3 is 0 Å². The van der Waals surface area contributed by atoms with Gasteiger partial charge in [-0.05, 0) is 41.5 Å². The molecule has 46 heavy (non-hydrogen) atoms. The number of Topliss-reactive ketones (excluding diaryl/α,β-unsaturated/α-hetero) is 1. The Morgan fingerprint density at radius 1 is 0.826 bits per heavy atom. The number of nitrogens with zero attached hydrogens (tertiary/aromatic N) is 1. The largest absolute Gasteiger partial charge is 0.496 e. The lowest BCUT2D eigenvalue weighted by Crippen LogP contribution is -2.45. The van der Waals surface area contributed by atoms with E-state index in [9.17, 15) is 18.0 Å². The number of ether oxygens (including phenoxy) is 1. The summed E-state index contributed by atoms with van der Waals surface area (Å²) in [5.74, 6) is -1.80. The molecule has 0 fully saturated rings. The van der Waals surface area contributed by atoms with Crippen LogP contribution in [0.5, 0.6) is 5.75 Å². The number of benzene rings is 5. The third kappa shape index (κ3) is 5.61. The van der Waals surface area contributed by atoms with Gasteiger partial charge in [-0.3, -0.25) is 9.59 Å². The normalized spacial score (nSPS) is 16.4. The van der Waals surface area contributed by atoms with Gasteiger partial charge in [-0.15, -0.1) is 0 Å². The smallest absolute Gasteiger partial charge is 0.266 e. The number of carbonyl (C=O) groups is 2. The van der Waals surface area contributed by atoms with Crippen LogP contribution in [-0.2, 0) is 21.4 Å². The number of hydrogen-bond donors (Lipinski definition) is 2. The summed E-state index contributed by atoms with van der Waals surface area (Å²) in [6, 6.07) is 34.0. The van der Waals surface area contributed by atoms with E-state index in [4.69, 9.17) is 10.5 Å². The molecule has 232 valence electrons. The van der Waals surface area contributed by atoms with Crippen LogP contribution in [0.1, 0.15) is 33.0 Å². The average molecular weight is 632 g/mol. The highest BCUT2D eigenvalue weighted by Crippen LogP contribution is 2.44. The number of para-hydroxylation sites is 1. The maximum Gasteiger partial charge on any atom is 0.266 e. The first kappa shape index (κ1) is 30.6. The summed E-state index contributed by atoms with van der Waals surface area (Å²) in [5.41, 5.74) is 9.20. The third-order valence-corrected chi connectivity index (χ3v) is 10.1. The minimum atomic E-state index is -4.40. The lowest BCUT2D eigenvalue weighted by Gasteiger charge is -2.30. The van der Waals surface area contributed by atoms with Gasteiger partial charge in [-0.25, -0.2) is 12.7 Å². The van der Waals surface area contributed by atoms with E-state index < -0.39 is 33.7 Å². The second-order valence-corrected chi connectivity index (χ2v) is 13.0. The Labute approximate surface area is 268 Å². The quantitative estimate of drug-likeness (QED) is 0.202. The molecule has 8 nitrogen and oxygen atoms in total. The molecule has 2 unspecified atom stereocenters. The Hall–Kier alpha value is -5.41. The zero-order valence-electron chi connectivity index (χ0n) is 25.4. The molecule has 0 radical (unpaired) electrons. The van der Waals surface area contributed by atoms with E-state index in [0.29, 0.717) is 16.9 Å². The summed E-state index contributed by atoms with van der Waals surface area (Å²) in [6.07, 6.45) is 0. The van der Waals surface area contributed by atoms with Crippen LogP contribution >= 0.6 is 0 Å². The van der Waals surface area contributed by atoms with Crippen molar-refractivity contribution in [2.45, 2.75) is 30.3 Å². The van der Waals surface area contributed by atoms with Crippen LogP contribution < -0.4 is 15.8 Å². The Bertz CT molecular complexity index is 2080. The molecule has 0 aliphatic carbocycles.